The fraction of sp³-hybridized carbons (Fsp3) is 0.303. The highest BCUT2D eigenvalue weighted by atomic mass is 19.1. The van der Waals surface area contributed by atoms with Gasteiger partial charge in [0.15, 0.2) is 0 Å². The molecule has 2 aromatic carbocycles. The van der Waals surface area contributed by atoms with Crippen molar-refractivity contribution in [1.29, 1.82) is 0 Å². The van der Waals surface area contributed by atoms with Gasteiger partial charge in [0.05, 0.1) is 36.0 Å². The van der Waals surface area contributed by atoms with Crippen LogP contribution >= 0.6 is 0 Å². The van der Waals surface area contributed by atoms with Crippen LogP contribution in [-0.4, -0.2) is 56.8 Å². The highest BCUT2D eigenvalue weighted by Gasteiger charge is 2.28. The number of hydrogen-bond donors (Lipinski definition) is 2. The van der Waals surface area contributed by atoms with Crippen molar-refractivity contribution >= 4 is 33.3 Å². The molecule has 8 rings (SSSR count). The maximum absolute atomic E-state index is 15.2. The van der Waals surface area contributed by atoms with E-state index in [1.54, 1.807) is 6.20 Å². The first-order valence-electron chi connectivity index (χ1n) is 14.6. The minimum absolute atomic E-state index is 0.111. The molecule has 9 heteroatoms. The van der Waals surface area contributed by atoms with Crippen LogP contribution in [0.1, 0.15) is 42.0 Å². The lowest BCUT2D eigenvalue weighted by Crippen LogP contribution is -2.50. The van der Waals surface area contributed by atoms with Crippen LogP contribution < -0.4 is 11.3 Å². The SMILES string of the molecule is Cc1c(-c2nc(N)nc3[nH]c(C4=CCN(C5COC5)CC4)cc23)cccc1-n1ccc2cc(C3CC3)cc(F)c2c1=O. The minimum atomic E-state index is -0.464. The van der Waals surface area contributed by atoms with Gasteiger partial charge in [0.1, 0.15) is 11.5 Å². The molecule has 5 heterocycles. The van der Waals surface area contributed by atoms with Gasteiger partial charge < -0.3 is 15.5 Å². The van der Waals surface area contributed by atoms with Crippen molar-refractivity contribution in [3.05, 3.63) is 87.7 Å². The number of aromatic nitrogens is 4. The van der Waals surface area contributed by atoms with Gasteiger partial charge in [-0.1, -0.05) is 24.3 Å². The number of nitrogens with two attached hydrogens (primary N) is 1. The molecule has 1 saturated heterocycles. The van der Waals surface area contributed by atoms with Gasteiger partial charge in [0.2, 0.25) is 5.95 Å². The first-order valence-corrected chi connectivity index (χ1v) is 14.6. The molecule has 0 bridgehead atoms. The van der Waals surface area contributed by atoms with Crippen molar-refractivity contribution in [3.8, 4) is 16.9 Å². The molecule has 3 aliphatic rings. The van der Waals surface area contributed by atoms with E-state index >= 15 is 4.39 Å². The smallest absolute Gasteiger partial charge is 0.265 e. The van der Waals surface area contributed by atoms with Crippen molar-refractivity contribution in [2.24, 2.45) is 0 Å². The number of rotatable bonds is 5. The Morgan fingerprint density at radius 1 is 1.12 bits per heavy atom. The zero-order valence-electron chi connectivity index (χ0n) is 23.4. The van der Waals surface area contributed by atoms with Crippen molar-refractivity contribution in [2.75, 3.05) is 32.0 Å². The Hall–Kier alpha value is -4.34. The lowest BCUT2D eigenvalue weighted by molar-refractivity contribution is -0.0612. The van der Waals surface area contributed by atoms with Gasteiger partial charge in [-0.3, -0.25) is 14.3 Å². The van der Waals surface area contributed by atoms with Crippen LogP contribution in [-0.2, 0) is 4.74 Å². The van der Waals surface area contributed by atoms with Gasteiger partial charge in [0.25, 0.3) is 5.56 Å². The highest BCUT2D eigenvalue weighted by molar-refractivity contribution is 5.95. The fourth-order valence-corrected chi connectivity index (χ4v) is 6.43. The van der Waals surface area contributed by atoms with Gasteiger partial charge >= 0.3 is 0 Å². The van der Waals surface area contributed by atoms with Gasteiger partial charge in [0, 0.05) is 35.9 Å². The van der Waals surface area contributed by atoms with Crippen LogP contribution in [0.4, 0.5) is 10.3 Å². The van der Waals surface area contributed by atoms with Crippen LogP contribution in [0.3, 0.4) is 0 Å². The van der Waals surface area contributed by atoms with E-state index in [1.807, 2.05) is 37.3 Å². The number of fused-ring (bicyclic) bond motifs is 2. The Balaban J connectivity index is 1.20. The predicted molar refractivity (Wildman–Crippen MR) is 162 cm³/mol. The summed E-state index contributed by atoms with van der Waals surface area (Å²) in [6, 6.07) is 13.7. The summed E-state index contributed by atoms with van der Waals surface area (Å²) in [6.07, 6.45) is 7.08. The second-order valence-electron chi connectivity index (χ2n) is 11.7. The summed E-state index contributed by atoms with van der Waals surface area (Å²) in [5.41, 5.74) is 12.7. The number of nitrogens with one attached hydrogen (secondary N) is 1. The fourth-order valence-electron chi connectivity index (χ4n) is 6.43. The number of hydrogen-bond acceptors (Lipinski definition) is 6. The number of nitrogens with zero attached hydrogens (tertiary/aromatic N) is 4. The Kier molecular flexibility index (Phi) is 5.80. The molecule has 212 valence electrons. The number of nitrogen functional groups attached to an aromatic ring is 1. The molecule has 42 heavy (non-hydrogen) atoms. The molecular weight excluding hydrogens is 531 g/mol. The van der Waals surface area contributed by atoms with Gasteiger partial charge in [-0.15, -0.1) is 0 Å². The molecule has 0 radical (unpaired) electrons. The average Bonchev–Trinajstić information content (AvgIpc) is 3.72. The van der Waals surface area contributed by atoms with E-state index in [0.29, 0.717) is 34.4 Å². The van der Waals surface area contributed by atoms with Crippen molar-refractivity contribution in [3.63, 3.8) is 0 Å². The topological polar surface area (TPSA) is 102 Å². The molecule has 5 aromatic rings. The van der Waals surface area contributed by atoms with Crippen molar-refractivity contribution in [2.45, 2.75) is 38.1 Å². The summed E-state index contributed by atoms with van der Waals surface area (Å²) in [7, 11) is 0. The Morgan fingerprint density at radius 3 is 2.71 bits per heavy atom. The normalized spacial score (nSPS) is 18.0. The van der Waals surface area contributed by atoms with E-state index in [2.05, 4.69) is 32.0 Å². The zero-order chi connectivity index (χ0) is 28.5. The zero-order valence-corrected chi connectivity index (χ0v) is 23.4. The maximum atomic E-state index is 15.2. The second-order valence-corrected chi connectivity index (χ2v) is 11.7. The monoisotopic (exact) mass is 562 g/mol. The highest BCUT2D eigenvalue weighted by Crippen LogP contribution is 2.41. The van der Waals surface area contributed by atoms with E-state index < -0.39 is 5.82 Å². The summed E-state index contributed by atoms with van der Waals surface area (Å²) < 4.78 is 22.1. The number of benzene rings is 2. The van der Waals surface area contributed by atoms with Gasteiger partial charge in [-0.2, -0.15) is 4.98 Å². The average molecular weight is 563 g/mol. The molecule has 0 spiro atoms. The first kappa shape index (κ1) is 25.4. The lowest BCUT2D eigenvalue weighted by Gasteiger charge is -2.38. The van der Waals surface area contributed by atoms with E-state index in [0.717, 1.165) is 73.3 Å². The molecule has 0 atom stereocenters. The van der Waals surface area contributed by atoms with E-state index in [-0.39, 0.29) is 16.9 Å². The number of halogens is 1. The summed E-state index contributed by atoms with van der Waals surface area (Å²) in [6.45, 7) is 5.46. The quantitative estimate of drug-likeness (QED) is 0.301. The second kappa shape index (κ2) is 9.61. The summed E-state index contributed by atoms with van der Waals surface area (Å²) in [5.74, 6) is 0.109. The summed E-state index contributed by atoms with van der Waals surface area (Å²) >= 11 is 0. The van der Waals surface area contributed by atoms with E-state index in [1.165, 1.54) is 16.2 Å². The third-order valence-electron chi connectivity index (χ3n) is 9.08. The maximum Gasteiger partial charge on any atom is 0.265 e. The Morgan fingerprint density at radius 2 is 1.98 bits per heavy atom. The molecule has 1 aliphatic carbocycles. The third kappa shape index (κ3) is 4.15. The molecular formula is C33H31FN6O2. The molecule has 2 fully saturated rings. The third-order valence-corrected chi connectivity index (χ3v) is 9.08. The van der Waals surface area contributed by atoms with Crippen LogP contribution in [0.15, 0.2) is 59.5 Å². The van der Waals surface area contributed by atoms with Gasteiger partial charge in [-0.25, -0.2) is 9.37 Å². The summed E-state index contributed by atoms with van der Waals surface area (Å²) in [5, 5.41) is 1.61. The number of anilines is 1. The summed E-state index contributed by atoms with van der Waals surface area (Å²) in [4.78, 5) is 28.7. The van der Waals surface area contributed by atoms with Crippen molar-refractivity contribution in [1.82, 2.24) is 24.4 Å². The minimum Gasteiger partial charge on any atom is -0.378 e. The number of ether oxygens (including phenoxy) is 1. The molecule has 1 saturated carbocycles. The van der Waals surface area contributed by atoms with Crippen LogP contribution in [0.5, 0.6) is 0 Å². The van der Waals surface area contributed by atoms with E-state index in [4.69, 9.17) is 10.5 Å². The standard InChI is InChI=1S/C33H31FN6O2/c1-18-24(3-2-4-28(18)40-12-9-21-13-22(19-5-6-19)14-26(34)29(21)32(40)41)30-25-15-27(36-31(25)38-33(35)37-30)20-7-10-39(11-8-20)23-16-42-17-23/h2-4,7,9,12-15,19,23H,5-6,8,10-11,16-17H2,1H3,(H3,35,36,37,38). The van der Waals surface area contributed by atoms with Crippen LogP contribution in [0.25, 0.3) is 44.3 Å². The predicted octanol–water partition coefficient (Wildman–Crippen LogP) is 5.32. The largest absolute Gasteiger partial charge is 0.378 e. The first-order chi connectivity index (χ1) is 20.4. The van der Waals surface area contributed by atoms with Crippen molar-refractivity contribution < 1.29 is 9.13 Å². The lowest BCUT2D eigenvalue weighted by atomic mass is 9.99. The molecule has 0 unspecified atom stereocenters. The molecule has 0 amide bonds. The van der Waals surface area contributed by atoms with Gasteiger partial charge in [-0.05, 0) is 78.5 Å². The molecule has 3 aromatic heterocycles. The Bertz CT molecular complexity index is 1980. The number of pyridine rings is 1. The number of H-pyrrole nitrogens is 1. The van der Waals surface area contributed by atoms with Crippen LogP contribution in [0.2, 0.25) is 0 Å². The molecule has 8 nitrogen and oxygen atoms in total. The molecule has 3 N–H and O–H groups in total. The van der Waals surface area contributed by atoms with E-state index in [9.17, 15) is 4.79 Å². The number of aromatic amines is 1. The van der Waals surface area contributed by atoms with Crippen LogP contribution in [0, 0.1) is 12.7 Å². The Labute approximate surface area is 241 Å². The molecule has 2 aliphatic heterocycles.